The summed E-state index contributed by atoms with van der Waals surface area (Å²) in [6, 6.07) is 7.17. The van der Waals surface area contributed by atoms with Gasteiger partial charge in [-0.15, -0.1) is 0 Å². The molecule has 1 aliphatic carbocycles. The monoisotopic (exact) mass is 335 g/mol. The molecule has 2 heteroatoms. The molecule has 1 aliphatic rings. The zero-order valence-corrected chi connectivity index (χ0v) is 14.3. The number of halogens is 1. The van der Waals surface area contributed by atoms with Gasteiger partial charge < -0.3 is 5.32 Å². The highest BCUT2D eigenvalue weighted by atomic mass is 79.9. The molecule has 1 N–H and O–H groups in total. The van der Waals surface area contributed by atoms with E-state index in [4.69, 9.17) is 0 Å². The first-order valence-corrected chi connectivity index (χ1v) is 8.69. The molecule has 0 saturated heterocycles. The lowest BCUT2D eigenvalue weighted by Gasteiger charge is -2.23. The van der Waals surface area contributed by atoms with Crippen LogP contribution < -0.4 is 5.32 Å². The van der Waals surface area contributed by atoms with Crippen molar-refractivity contribution >= 4 is 15.9 Å². The summed E-state index contributed by atoms with van der Waals surface area (Å²) >= 11 is 3.64. The Bertz CT molecular complexity index is 444. The Morgan fingerprint density at radius 1 is 1.20 bits per heavy atom. The van der Waals surface area contributed by atoms with E-state index in [0.29, 0.717) is 6.04 Å². The zero-order chi connectivity index (χ0) is 14.4. The van der Waals surface area contributed by atoms with Gasteiger partial charge in [-0.25, -0.2) is 0 Å². The molecule has 1 aromatic carbocycles. The van der Waals surface area contributed by atoms with Gasteiger partial charge in [-0.1, -0.05) is 47.0 Å². The third kappa shape index (κ3) is 4.46. The van der Waals surface area contributed by atoms with Crippen molar-refractivity contribution in [3.05, 3.63) is 45.4 Å². The Hall–Kier alpha value is -0.600. The van der Waals surface area contributed by atoms with Crippen LogP contribution in [0, 0.1) is 6.92 Å². The number of benzene rings is 1. The Morgan fingerprint density at radius 3 is 2.80 bits per heavy atom. The third-order valence-electron chi connectivity index (χ3n) is 3.94. The lowest BCUT2D eigenvalue weighted by atomic mass is 9.94. The van der Waals surface area contributed by atoms with Crippen LogP contribution in [0.3, 0.4) is 0 Å². The molecular formula is C18H26BrN. The SMILES string of the molecule is CCCNC(C1=CCCCCC1)c1cc(C)cc(Br)c1. The van der Waals surface area contributed by atoms with Crippen LogP contribution in [0.25, 0.3) is 0 Å². The average Bonchev–Trinajstić information content (AvgIpc) is 2.67. The average molecular weight is 336 g/mol. The van der Waals surface area contributed by atoms with Gasteiger partial charge in [0.05, 0.1) is 6.04 Å². The van der Waals surface area contributed by atoms with Gasteiger partial charge >= 0.3 is 0 Å². The van der Waals surface area contributed by atoms with Crippen molar-refractivity contribution in [3.63, 3.8) is 0 Å². The smallest absolute Gasteiger partial charge is 0.0536 e. The summed E-state index contributed by atoms with van der Waals surface area (Å²) in [7, 11) is 0. The van der Waals surface area contributed by atoms with E-state index in [1.54, 1.807) is 5.57 Å². The largest absolute Gasteiger partial charge is 0.307 e. The minimum absolute atomic E-state index is 0.393. The molecule has 0 aromatic heterocycles. The maximum Gasteiger partial charge on any atom is 0.0536 e. The molecule has 0 spiro atoms. The van der Waals surface area contributed by atoms with Crippen LogP contribution >= 0.6 is 15.9 Å². The standard InChI is InChI=1S/C18H26BrN/c1-3-10-20-18(15-8-6-4-5-7-9-15)16-11-14(2)12-17(19)13-16/h8,11-13,18,20H,3-7,9-10H2,1-2H3. The number of rotatable bonds is 5. The van der Waals surface area contributed by atoms with Crippen LogP contribution in [0.1, 0.15) is 62.6 Å². The fraction of sp³-hybridized carbons (Fsp3) is 0.556. The van der Waals surface area contributed by atoms with E-state index in [0.717, 1.165) is 6.54 Å². The van der Waals surface area contributed by atoms with Crippen LogP contribution in [0.2, 0.25) is 0 Å². The van der Waals surface area contributed by atoms with Crippen molar-refractivity contribution < 1.29 is 0 Å². The van der Waals surface area contributed by atoms with E-state index in [-0.39, 0.29) is 0 Å². The van der Waals surface area contributed by atoms with E-state index >= 15 is 0 Å². The maximum absolute atomic E-state index is 3.75. The normalized spacial score (nSPS) is 17.4. The maximum atomic E-state index is 3.75. The van der Waals surface area contributed by atoms with Gasteiger partial charge in [0.25, 0.3) is 0 Å². The predicted molar refractivity (Wildman–Crippen MR) is 91.1 cm³/mol. The van der Waals surface area contributed by atoms with Crippen molar-refractivity contribution in [1.29, 1.82) is 0 Å². The minimum Gasteiger partial charge on any atom is -0.307 e. The first-order valence-electron chi connectivity index (χ1n) is 7.90. The molecule has 0 saturated carbocycles. The predicted octanol–water partition coefficient (Wildman–Crippen LogP) is 5.69. The number of aryl methyl sites for hydroxylation is 1. The van der Waals surface area contributed by atoms with Gasteiger partial charge in [0.15, 0.2) is 0 Å². The Kier molecular flexibility index (Phi) is 6.31. The summed E-state index contributed by atoms with van der Waals surface area (Å²) in [4.78, 5) is 0. The molecule has 2 rings (SSSR count). The van der Waals surface area contributed by atoms with E-state index in [9.17, 15) is 0 Å². The van der Waals surface area contributed by atoms with Crippen molar-refractivity contribution in [2.45, 2.75) is 58.4 Å². The van der Waals surface area contributed by atoms with Crippen LogP contribution in [0.15, 0.2) is 34.3 Å². The van der Waals surface area contributed by atoms with E-state index in [2.05, 4.69) is 59.4 Å². The molecule has 0 amide bonds. The van der Waals surface area contributed by atoms with Gasteiger partial charge in [0.1, 0.15) is 0 Å². The minimum atomic E-state index is 0.393. The molecule has 20 heavy (non-hydrogen) atoms. The molecule has 1 nitrogen and oxygen atoms in total. The summed E-state index contributed by atoms with van der Waals surface area (Å²) in [5, 5.41) is 3.75. The molecular weight excluding hydrogens is 310 g/mol. The summed E-state index contributed by atoms with van der Waals surface area (Å²) in [6.45, 7) is 5.48. The highest BCUT2D eigenvalue weighted by Crippen LogP contribution is 2.31. The molecule has 1 aromatic rings. The highest BCUT2D eigenvalue weighted by molar-refractivity contribution is 9.10. The summed E-state index contributed by atoms with van der Waals surface area (Å²) in [5.74, 6) is 0. The first kappa shape index (κ1) is 15.8. The molecule has 1 unspecified atom stereocenters. The number of allylic oxidation sites excluding steroid dienone is 1. The van der Waals surface area contributed by atoms with Crippen molar-refractivity contribution in [2.75, 3.05) is 6.54 Å². The molecule has 0 fully saturated rings. The number of hydrogen-bond acceptors (Lipinski definition) is 1. The number of hydrogen-bond donors (Lipinski definition) is 1. The van der Waals surface area contributed by atoms with E-state index in [1.807, 2.05) is 0 Å². The second-order valence-corrected chi connectivity index (χ2v) is 6.74. The molecule has 1 atom stereocenters. The van der Waals surface area contributed by atoms with Crippen molar-refractivity contribution in [1.82, 2.24) is 5.32 Å². The molecule has 0 aliphatic heterocycles. The Labute approximate surface area is 132 Å². The summed E-state index contributed by atoms with van der Waals surface area (Å²) < 4.78 is 1.19. The molecule has 0 bridgehead atoms. The fourth-order valence-corrected chi connectivity index (χ4v) is 3.61. The van der Waals surface area contributed by atoms with Crippen LogP contribution in [-0.2, 0) is 0 Å². The topological polar surface area (TPSA) is 12.0 Å². The Morgan fingerprint density at radius 2 is 2.05 bits per heavy atom. The molecule has 0 radical (unpaired) electrons. The highest BCUT2D eigenvalue weighted by Gasteiger charge is 2.17. The van der Waals surface area contributed by atoms with Gasteiger partial charge in [-0.2, -0.15) is 0 Å². The fourth-order valence-electron chi connectivity index (χ4n) is 2.98. The van der Waals surface area contributed by atoms with Gasteiger partial charge in [-0.05, 0) is 68.8 Å². The lowest BCUT2D eigenvalue weighted by Crippen LogP contribution is -2.24. The first-order chi connectivity index (χ1) is 9.70. The molecule has 0 heterocycles. The van der Waals surface area contributed by atoms with E-state index < -0.39 is 0 Å². The summed E-state index contributed by atoms with van der Waals surface area (Å²) in [5.41, 5.74) is 4.32. The van der Waals surface area contributed by atoms with Crippen LogP contribution in [0.4, 0.5) is 0 Å². The molecule has 110 valence electrons. The Balaban J connectivity index is 2.27. The van der Waals surface area contributed by atoms with Crippen molar-refractivity contribution in [2.24, 2.45) is 0 Å². The number of nitrogens with one attached hydrogen (secondary N) is 1. The summed E-state index contributed by atoms with van der Waals surface area (Å²) in [6.07, 6.45) is 10.2. The van der Waals surface area contributed by atoms with E-state index in [1.165, 1.54) is 54.1 Å². The second kappa shape index (κ2) is 7.99. The lowest BCUT2D eigenvalue weighted by molar-refractivity contribution is 0.566. The second-order valence-electron chi connectivity index (χ2n) is 5.83. The quantitative estimate of drug-likeness (QED) is 0.681. The third-order valence-corrected chi connectivity index (χ3v) is 4.40. The zero-order valence-electron chi connectivity index (χ0n) is 12.7. The van der Waals surface area contributed by atoms with Crippen LogP contribution in [0.5, 0.6) is 0 Å². The van der Waals surface area contributed by atoms with Gasteiger partial charge in [0, 0.05) is 4.47 Å². The van der Waals surface area contributed by atoms with Gasteiger partial charge in [-0.3, -0.25) is 0 Å². The van der Waals surface area contributed by atoms with Crippen LogP contribution in [-0.4, -0.2) is 6.54 Å². The van der Waals surface area contributed by atoms with Gasteiger partial charge in [0.2, 0.25) is 0 Å². The van der Waals surface area contributed by atoms with Crippen molar-refractivity contribution in [3.8, 4) is 0 Å².